The Morgan fingerprint density at radius 1 is 0.690 bits per heavy atom. The van der Waals surface area contributed by atoms with Crippen molar-refractivity contribution < 1.29 is 25.2 Å². The van der Waals surface area contributed by atoms with E-state index in [-0.39, 0.29) is 19.3 Å². The number of nitrogens with two attached hydrogens (primary N) is 1. The number of rotatable bonds is 19. The van der Waals surface area contributed by atoms with E-state index in [1.165, 1.54) is 44.9 Å². The van der Waals surface area contributed by atoms with Crippen molar-refractivity contribution in [1.82, 2.24) is 0 Å². The van der Waals surface area contributed by atoms with Crippen LogP contribution in [-0.4, -0.2) is 50.8 Å². The molecule has 6 N–H and O–H groups in total. The normalized spacial score (nSPS) is 13.4. The minimum atomic E-state index is -2.36. The molecule has 0 aromatic rings. The van der Waals surface area contributed by atoms with Crippen LogP contribution in [0.1, 0.15) is 111 Å². The summed E-state index contributed by atoms with van der Waals surface area (Å²) in [5, 5.41) is 40.8. The predicted molar refractivity (Wildman–Crippen MR) is 118 cm³/mol. The first-order valence-electron chi connectivity index (χ1n) is 11.8. The van der Waals surface area contributed by atoms with E-state index in [1.807, 2.05) is 0 Å². The fourth-order valence-electron chi connectivity index (χ4n) is 3.72. The third-order valence-electron chi connectivity index (χ3n) is 6.09. The van der Waals surface area contributed by atoms with E-state index >= 15 is 0 Å². The first-order chi connectivity index (χ1) is 13.5. The first kappa shape index (κ1) is 28.8. The van der Waals surface area contributed by atoms with Gasteiger partial charge in [0.1, 0.15) is 5.54 Å². The SMILES string of the molecule is CCC(O)(O)C(N)(CCCOCCCCCCCCCCC(C)C)C(O)(O)CC. The van der Waals surface area contributed by atoms with Crippen molar-refractivity contribution in [3.05, 3.63) is 0 Å². The van der Waals surface area contributed by atoms with E-state index in [1.54, 1.807) is 13.8 Å². The highest BCUT2D eigenvalue weighted by Gasteiger charge is 2.57. The zero-order valence-corrected chi connectivity index (χ0v) is 19.5. The summed E-state index contributed by atoms with van der Waals surface area (Å²) in [7, 11) is 0. The molecule has 0 saturated carbocycles. The molecule has 0 unspecified atom stereocenters. The van der Waals surface area contributed by atoms with Crippen LogP contribution in [0.2, 0.25) is 0 Å². The second-order valence-corrected chi connectivity index (χ2v) is 9.04. The minimum absolute atomic E-state index is 0.0471. The summed E-state index contributed by atoms with van der Waals surface area (Å²) >= 11 is 0. The molecule has 0 fully saturated rings. The molecule has 0 radical (unpaired) electrons. The van der Waals surface area contributed by atoms with Crippen molar-refractivity contribution in [3.8, 4) is 0 Å². The van der Waals surface area contributed by atoms with Crippen molar-refractivity contribution in [2.45, 2.75) is 128 Å². The average Bonchev–Trinajstić information content (AvgIpc) is 2.67. The van der Waals surface area contributed by atoms with E-state index in [9.17, 15) is 20.4 Å². The summed E-state index contributed by atoms with van der Waals surface area (Å²) < 4.78 is 5.62. The third-order valence-corrected chi connectivity index (χ3v) is 6.09. The van der Waals surface area contributed by atoms with Crippen molar-refractivity contribution in [2.75, 3.05) is 13.2 Å². The molecular formula is C23H49NO5. The van der Waals surface area contributed by atoms with E-state index < -0.39 is 17.1 Å². The number of hydrogen-bond acceptors (Lipinski definition) is 6. The van der Waals surface area contributed by atoms with Gasteiger partial charge in [-0.25, -0.2) is 0 Å². The Morgan fingerprint density at radius 2 is 1.10 bits per heavy atom. The molecule has 0 rings (SSSR count). The topological polar surface area (TPSA) is 116 Å². The summed E-state index contributed by atoms with van der Waals surface area (Å²) in [5.41, 5.74) is 4.14. The lowest BCUT2D eigenvalue weighted by Gasteiger charge is -2.48. The van der Waals surface area contributed by atoms with E-state index in [2.05, 4.69) is 13.8 Å². The summed E-state index contributed by atoms with van der Waals surface area (Å²) in [6, 6.07) is 0. The Labute approximate surface area is 178 Å². The van der Waals surface area contributed by atoms with E-state index in [4.69, 9.17) is 10.5 Å². The Balaban J connectivity index is 3.84. The van der Waals surface area contributed by atoms with Gasteiger partial charge in [-0.2, -0.15) is 0 Å². The Bertz CT molecular complexity index is 383. The van der Waals surface area contributed by atoms with Crippen molar-refractivity contribution in [2.24, 2.45) is 11.7 Å². The van der Waals surface area contributed by atoms with Gasteiger partial charge >= 0.3 is 0 Å². The van der Waals surface area contributed by atoms with Crippen LogP contribution in [0.15, 0.2) is 0 Å². The molecule has 0 saturated heterocycles. The number of unbranched alkanes of at least 4 members (excludes halogenated alkanes) is 7. The predicted octanol–water partition coefficient (Wildman–Crippen LogP) is 3.83. The van der Waals surface area contributed by atoms with Crippen LogP contribution in [-0.2, 0) is 4.74 Å². The quantitative estimate of drug-likeness (QED) is 0.160. The molecule has 0 amide bonds. The van der Waals surface area contributed by atoms with Crippen LogP contribution in [0, 0.1) is 5.92 Å². The maximum absolute atomic E-state index is 10.2. The lowest BCUT2D eigenvalue weighted by molar-refractivity contribution is -0.316. The second-order valence-electron chi connectivity index (χ2n) is 9.04. The molecule has 0 bridgehead atoms. The summed E-state index contributed by atoms with van der Waals surface area (Å²) in [6.45, 7) is 8.74. The molecular weight excluding hydrogens is 370 g/mol. The van der Waals surface area contributed by atoms with Crippen LogP contribution in [0.4, 0.5) is 0 Å². The highest BCUT2D eigenvalue weighted by Crippen LogP contribution is 2.36. The number of aliphatic hydroxyl groups is 4. The molecule has 0 aliphatic heterocycles. The van der Waals surface area contributed by atoms with Crippen molar-refractivity contribution in [1.29, 1.82) is 0 Å². The average molecular weight is 420 g/mol. The van der Waals surface area contributed by atoms with Crippen LogP contribution < -0.4 is 5.73 Å². The maximum Gasteiger partial charge on any atom is 0.186 e. The van der Waals surface area contributed by atoms with Gasteiger partial charge in [-0.1, -0.05) is 79.1 Å². The third kappa shape index (κ3) is 10.6. The van der Waals surface area contributed by atoms with Crippen molar-refractivity contribution in [3.63, 3.8) is 0 Å². The van der Waals surface area contributed by atoms with Crippen molar-refractivity contribution >= 4 is 0 Å². The molecule has 0 aromatic carbocycles. The van der Waals surface area contributed by atoms with Crippen LogP contribution >= 0.6 is 0 Å². The molecule has 176 valence electrons. The number of ether oxygens (including phenoxy) is 1. The van der Waals surface area contributed by atoms with Gasteiger partial charge < -0.3 is 30.9 Å². The smallest absolute Gasteiger partial charge is 0.186 e. The zero-order valence-electron chi connectivity index (χ0n) is 19.5. The Kier molecular flexibility index (Phi) is 14.6. The lowest BCUT2D eigenvalue weighted by Crippen LogP contribution is -2.73. The van der Waals surface area contributed by atoms with Gasteiger partial charge in [-0.15, -0.1) is 0 Å². The maximum atomic E-state index is 10.2. The summed E-state index contributed by atoms with van der Waals surface area (Å²) in [5.74, 6) is -3.90. The molecule has 0 aromatic heterocycles. The largest absolute Gasteiger partial charge is 0.381 e. The van der Waals surface area contributed by atoms with Gasteiger partial charge in [0.15, 0.2) is 11.6 Å². The molecule has 0 heterocycles. The molecule has 29 heavy (non-hydrogen) atoms. The monoisotopic (exact) mass is 419 g/mol. The van der Waals surface area contributed by atoms with Gasteiger partial charge in [-0.3, -0.25) is 0 Å². The minimum Gasteiger partial charge on any atom is -0.381 e. The Morgan fingerprint density at radius 3 is 1.55 bits per heavy atom. The van der Waals surface area contributed by atoms with E-state index in [0.29, 0.717) is 19.6 Å². The lowest BCUT2D eigenvalue weighted by atomic mass is 9.75. The summed E-state index contributed by atoms with van der Waals surface area (Å²) in [6.07, 6.45) is 11.7. The zero-order chi connectivity index (χ0) is 22.4. The van der Waals surface area contributed by atoms with Gasteiger partial charge in [0.2, 0.25) is 0 Å². The van der Waals surface area contributed by atoms with Gasteiger partial charge in [0.05, 0.1) is 0 Å². The highest BCUT2D eigenvalue weighted by atomic mass is 16.5. The van der Waals surface area contributed by atoms with Crippen LogP contribution in [0.25, 0.3) is 0 Å². The van der Waals surface area contributed by atoms with Gasteiger partial charge in [0.25, 0.3) is 0 Å². The molecule has 0 atom stereocenters. The van der Waals surface area contributed by atoms with Gasteiger partial charge in [-0.05, 0) is 25.2 Å². The number of hydrogen-bond donors (Lipinski definition) is 5. The standard InChI is InChI=1S/C23H49NO5/c1-5-22(25,26)21(24,23(27,28)6-2)17-15-19-29-18-14-12-10-8-7-9-11-13-16-20(3)4/h20,25-28H,5-19,24H2,1-4H3. The second kappa shape index (κ2) is 14.7. The summed E-state index contributed by atoms with van der Waals surface area (Å²) in [4.78, 5) is 0. The first-order valence-corrected chi connectivity index (χ1v) is 11.8. The molecule has 6 heteroatoms. The van der Waals surface area contributed by atoms with Crippen LogP contribution in [0.5, 0.6) is 0 Å². The van der Waals surface area contributed by atoms with Crippen LogP contribution in [0.3, 0.4) is 0 Å². The highest BCUT2D eigenvalue weighted by molar-refractivity contribution is 5.05. The molecule has 0 aliphatic carbocycles. The molecule has 0 spiro atoms. The Hall–Kier alpha value is -0.240. The van der Waals surface area contributed by atoms with E-state index in [0.717, 1.165) is 18.8 Å². The fraction of sp³-hybridized carbons (Fsp3) is 1.00. The van der Waals surface area contributed by atoms with Gasteiger partial charge in [0, 0.05) is 26.1 Å². The molecule has 6 nitrogen and oxygen atoms in total. The molecule has 0 aliphatic rings. The fourth-order valence-corrected chi connectivity index (χ4v) is 3.72.